The van der Waals surface area contributed by atoms with E-state index in [2.05, 4.69) is 83.5 Å². The maximum Gasteiger partial charge on any atom is 0.154 e. The summed E-state index contributed by atoms with van der Waals surface area (Å²) in [7, 11) is -0.0594. The predicted molar refractivity (Wildman–Crippen MR) is 146 cm³/mol. The third-order valence-corrected chi connectivity index (χ3v) is 14.7. The molecule has 4 rings (SSSR count). The van der Waals surface area contributed by atoms with Crippen molar-refractivity contribution < 1.29 is 4.74 Å². The quantitative estimate of drug-likeness (QED) is 0.400. The van der Waals surface area contributed by atoms with Gasteiger partial charge in [-0.15, -0.1) is 0 Å². The third kappa shape index (κ3) is 4.53. The van der Waals surface area contributed by atoms with Crippen LogP contribution < -0.4 is 9.30 Å². The summed E-state index contributed by atoms with van der Waals surface area (Å²) in [5.41, 5.74) is 2.36. The SMILES string of the molecule is COc1ccc(N(C(C)(C)C)[Si](C)(C)C2C(C)C(C(C)C)C3CC4CCCCC4CC32)cc1. The Labute approximate surface area is 206 Å². The Balaban J connectivity index is 1.74. The van der Waals surface area contributed by atoms with E-state index in [1.54, 1.807) is 7.11 Å². The molecule has 0 spiro atoms. The Morgan fingerprint density at radius 1 is 0.939 bits per heavy atom. The molecule has 3 saturated carbocycles. The molecule has 0 bridgehead atoms. The molecule has 3 heteroatoms. The molecule has 1 aromatic rings. The molecule has 3 fully saturated rings. The standard InChI is InChI=1S/C30H51NOSi/c1-20(2)28-21(3)29(27-19-23-13-11-10-12-22(23)18-26(27)28)33(8,9)31(30(4,5)6)24-14-16-25(32-7)17-15-24/h14-17,20-23,26-29H,10-13,18-19H2,1-9H3. The van der Waals surface area contributed by atoms with Crippen LogP contribution in [-0.2, 0) is 0 Å². The third-order valence-electron chi connectivity index (χ3n) is 10.1. The van der Waals surface area contributed by atoms with Gasteiger partial charge < -0.3 is 9.30 Å². The second-order valence-corrected chi connectivity index (χ2v) is 18.1. The molecule has 0 amide bonds. The van der Waals surface area contributed by atoms with E-state index in [0.29, 0.717) is 0 Å². The number of benzene rings is 1. The van der Waals surface area contributed by atoms with Gasteiger partial charge >= 0.3 is 0 Å². The Morgan fingerprint density at radius 2 is 1.48 bits per heavy atom. The molecule has 0 heterocycles. The van der Waals surface area contributed by atoms with Gasteiger partial charge in [-0.25, -0.2) is 0 Å². The highest BCUT2D eigenvalue weighted by molar-refractivity contribution is 6.82. The summed E-state index contributed by atoms with van der Waals surface area (Å²) in [5, 5.41) is 0. The van der Waals surface area contributed by atoms with Crippen LogP contribution >= 0.6 is 0 Å². The number of ether oxygens (including phenoxy) is 1. The molecule has 0 radical (unpaired) electrons. The van der Waals surface area contributed by atoms with Crippen molar-refractivity contribution in [1.82, 2.24) is 0 Å². The Kier molecular flexibility index (Phi) is 7.04. The van der Waals surface area contributed by atoms with Gasteiger partial charge in [0.25, 0.3) is 0 Å². The van der Waals surface area contributed by atoms with E-state index in [1.165, 1.54) is 44.2 Å². The molecule has 0 N–H and O–H groups in total. The van der Waals surface area contributed by atoms with Crippen LogP contribution in [0.2, 0.25) is 18.6 Å². The maximum absolute atomic E-state index is 5.49. The van der Waals surface area contributed by atoms with Gasteiger partial charge in [0.2, 0.25) is 0 Å². The zero-order valence-corrected chi connectivity index (χ0v) is 24.0. The van der Waals surface area contributed by atoms with Gasteiger partial charge in [-0.1, -0.05) is 59.5 Å². The van der Waals surface area contributed by atoms with Gasteiger partial charge in [-0.3, -0.25) is 0 Å². The van der Waals surface area contributed by atoms with Crippen molar-refractivity contribution in [1.29, 1.82) is 0 Å². The van der Waals surface area contributed by atoms with Crippen LogP contribution in [0.3, 0.4) is 0 Å². The van der Waals surface area contributed by atoms with Crippen molar-refractivity contribution in [3.63, 3.8) is 0 Å². The molecule has 0 aromatic heterocycles. The van der Waals surface area contributed by atoms with Crippen molar-refractivity contribution in [3.05, 3.63) is 24.3 Å². The van der Waals surface area contributed by atoms with E-state index < -0.39 is 8.24 Å². The molecule has 7 unspecified atom stereocenters. The van der Waals surface area contributed by atoms with Crippen LogP contribution in [0.5, 0.6) is 5.75 Å². The highest BCUT2D eigenvalue weighted by Gasteiger charge is 2.60. The fourth-order valence-corrected chi connectivity index (χ4v) is 15.3. The number of nitrogens with zero attached hydrogens (tertiary/aromatic N) is 1. The fourth-order valence-electron chi connectivity index (χ4n) is 9.56. The number of methoxy groups -OCH3 is 1. The second-order valence-electron chi connectivity index (χ2n) is 13.7. The van der Waals surface area contributed by atoms with Gasteiger partial charge in [0.1, 0.15) is 5.75 Å². The second kappa shape index (κ2) is 9.24. The largest absolute Gasteiger partial charge is 0.497 e. The molecule has 1 aromatic carbocycles. The first-order valence-electron chi connectivity index (χ1n) is 13.9. The Bertz CT molecular complexity index is 795. The van der Waals surface area contributed by atoms with Crippen molar-refractivity contribution in [2.75, 3.05) is 11.7 Å². The molecule has 2 nitrogen and oxygen atoms in total. The van der Waals surface area contributed by atoms with Crippen molar-refractivity contribution in [2.24, 2.45) is 41.4 Å². The molecule has 7 atom stereocenters. The van der Waals surface area contributed by atoms with E-state index in [4.69, 9.17) is 4.74 Å². The molecule has 0 aliphatic heterocycles. The van der Waals surface area contributed by atoms with Gasteiger partial charge in [-0.2, -0.15) is 0 Å². The zero-order chi connectivity index (χ0) is 24.1. The van der Waals surface area contributed by atoms with Crippen LogP contribution in [0.4, 0.5) is 5.69 Å². The van der Waals surface area contributed by atoms with Crippen LogP contribution in [0.25, 0.3) is 0 Å². The summed E-state index contributed by atoms with van der Waals surface area (Å²) in [5.74, 6) is 7.39. The molecule has 3 aliphatic carbocycles. The topological polar surface area (TPSA) is 12.5 Å². The summed E-state index contributed by atoms with van der Waals surface area (Å²) in [6.07, 6.45) is 9.03. The van der Waals surface area contributed by atoms with Crippen LogP contribution in [0.1, 0.15) is 80.1 Å². The van der Waals surface area contributed by atoms with E-state index in [1.807, 2.05) is 0 Å². The molecule has 33 heavy (non-hydrogen) atoms. The monoisotopic (exact) mass is 469 g/mol. The van der Waals surface area contributed by atoms with Gasteiger partial charge in [0.05, 0.1) is 7.11 Å². The smallest absolute Gasteiger partial charge is 0.154 e. The number of hydrogen-bond donors (Lipinski definition) is 0. The molecular weight excluding hydrogens is 418 g/mol. The summed E-state index contributed by atoms with van der Waals surface area (Å²) in [6, 6.07) is 8.94. The molecule has 0 saturated heterocycles. The average molecular weight is 470 g/mol. The Hall–Kier alpha value is -0.963. The van der Waals surface area contributed by atoms with Crippen molar-refractivity contribution in [3.8, 4) is 5.75 Å². The van der Waals surface area contributed by atoms with Gasteiger partial charge in [0.15, 0.2) is 8.24 Å². The fraction of sp³-hybridized carbons (Fsp3) is 0.800. The molecule has 3 aliphatic rings. The number of fused-ring (bicyclic) bond motifs is 2. The normalized spacial score (nSPS) is 34.7. The predicted octanol–water partition coefficient (Wildman–Crippen LogP) is 8.63. The van der Waals surface area contributed by atoms with Gasteiger partial charge in [0, 0.05) is 11.2 Å². The number of anilines is 1. The molecular formula is C30H51NOSi. The lowest BCUT2D eigenvalue weighted by Crippen LogP contribution is -2.62. The average Bonchev–Trinajstić information content (AvgIpc) is 3.02. The minimum Gasteiger partial charge on any atom is -0.497 e. The summed E-state index contributed by atoms with van der Waals surface area (Å²) in [6.45, 7) is 20.4. The van der Waals surface area contributed by atoms with Gasteiger partial charge in [-0.05, 0) is 105 Å². The first kappa shape index (κ1) is 25.1. The summed E-state index contributed by atoms with van der Waals surface area (Å²) >= 11 is 0. The lowest BCUT2D eigenvalue weighted by atomic mass is 9.62. The van der Waals surface area contributed by atoms with E-state index in [9.17, 15) is 0 Å². The first-order valence-corrected chi connectivity index (χ1v) is 16.9. The highest BCUT2D eigenvalue weighted by Crippen LogP contribution is 2.64. The molecule has 186 valence electrons. The van der Waals surface area contributed by atoms with Crippen molar-refractivity contribution >= 4 is 13.9 Å². The summed E-state index contributed by atoms with van der Waals surface area (Å²) in [4.78, 5) is 0. The van der Waals surface area contributed by atoms with Crippen LogP contribution in [0, 0.1) is 41.4 Å². The number of rotatable bonds is 5. The highest BCUT2D eigenvalue weighted by atomic mass is 28.3. The number of hydrogen-bond acceptors (Lipinski definition) is 2. The van der Waals surface area contributed by atoms with Crippen LogP contribution in [0.15, 0.2) is 24.3 Å². The minimum absolute atomic E-state index is 0.109. The minimum atomic E-state index is -1.83. The maximum atomic E-state index is 5.49. The lowest BCUT2D eigenvalue weighted by Gasteiger charge is -2.54. The summed E-state index contributed by atoms with van der Waals surface area (Å²) < 4.78 is 8.39. The van der Waals surface area contributed by atoms with E-state index in [-0.39, 0.29) is 5.54 Å². The first-order chi connectivity index (χ1) is 15.5. The van der Waals surface area contributed by atoms with Crippen LogP contribution in [-0.4, -0.2) is 20.9 Å². The van der Waals surface area contributed by atoms with E-state index in [0.717, 1.165) is 52.7 Å². The Morgan fingerprint density at radius 3 is 1.97 bits per heavy atom. The van der Waals surface area contributed by atoms with Crippen molar-refractivity contribution in [2.45, 2.75) is 104 Å². The van der Waals surface area contributed by atoms with E-state index >= 15 is 0 Å². The lowest BCUT2D eigenvalue weighted by molar-refractivity contribution is 0.0644. The zero-order valence-electron chi connectivity index (χ0n) is 23.0.